The van der Waals surface area contributed by atoms with Crippen molar-refractivity contribution < 1.29 is 14.1 Å². The summed E-state index contributed by atoms with van der Waals surface area (Å²) in [5.41, 5.74) is 6.08. The number of hydrogen-bond acceptors (Lipinski definition) is 6. The molecule has 1 aromatic heterocycles. The number of alkyl carbamates (subject to hydrolysis) is 1. The molecule has 7 nitrogen and oxygen atoms in total. The van der Waals surface area contributed by atoms with Gasteiger partial charge in [0.15, 0.2) is 0 Å². The summed E-state index contributed by atoms with van der Waals surface area (Å²) >= 11 is 6.50. The van der Waals surface area contributed by atoms with Crippen molar-refractivity contribution in [2.75, 3.05) is 18.0 Å². The first kappa shape index (κ1) is 29.5. The van der Waals surface area contributed by atoms with E-state index in [2.05, 4.69) is 46.6 Å². The number of hydrogen-bond donors (Lipinski definition) is 1. The standard InChI is InChI=1S/C32H39ClN4O3/c1-20-7-12-25(30-21(2)36-40-22(30)3)15-29(20)37(27-14-13-26(17-34)28(33)16-27)19-24-10-8-23(9-11-24)18-35-31(38)39-32(4,5)6/h7,12-16,23-24H,8-11,18-19H2,1-6H3,(H,35,38). The number of carbonyl (C=O) groups excluding carboxylic acids is 1. The summed E-state index contributed by atoms with van der Waals surface area (Å²) in [6.45, 7) is 13.1. The predicted octanol–water partition coefficient (Wildman–Crippen LogP) is 8.26. The monoisotopic (exact) mass is 562 g/mol. The smallest absolute Gasteiger partial charge is 0.407 e. The number of aromatic nitrogens is 1. The molecule has 0 atom stereocenters. The van der Waals surface area contributed by atoms with E-state index in [1.807, 2.05) is 46.8 Å². The molecule has 0 spiro atoms. The number of aryl methyl sites for hydroxylation is 3. The van der Waals surface area contributed by atoms with Crippen LogP contribution in [-0.4, -0.2) is 29.9 Å². The Balaban J connectivity index is 1.55. The lowest BCUT2D eigenvalue weighted by atomic mass is 9.81. The Morgan fingerprint density at radius 1 is 1.12 bits per heavy atom. The van der Waals surface area contributed by atoms with Gasteiger partial charge in [-0.25, -0.2) is 4.79 Å². The molecule has 0 saturated heterocycles. The number of amides is 1. The fraction of sp³-hybridized carbons (Fsp3) is 0.469. The Morgan fingerprint density at radius 2 is 1.82 bits per heavy atom. The average molecular weight is 563 g/mol. The topological polar surface area (TPSA) is 91.4 Å². The minimum absolute atomic E-state index is 0.354. The number of ether oxygens (including phenoxy) is 1. The summed E-state index contributed by atoms with van der Waals surface area (Å²) in [5, 5.41) is 17.0. The Labute approximate surface area is 242 Å². The summed E-state index contributed by atoms with van der Waals surface area (Å²) in [6.07, 6.45) is 3.85. The van der Waals surface area contributed by atoms with Crippen LogP contribution in [0.25, 0.3) is 11.1 Å². The molecular weight excluding hydrogens is 524 g/mol. The molecule has 4 rings (SSSR count). The molecule has 1 aliphatic carbocycles. The van der Waals surface area contributed by atoms with E-state index >= 15 is 0 Å². The maximum Gasteiger partial charge on any atom is 0.407 e. The number of nitrogens with one attached hydrogen (secondary N) is 1. The molecule has 40 heavy (non-hydrogen) atoms. The maximum atomic E-state index is 12.1. The van der Waals surface area contributed by atoms with Crippen LogP contribution >= 0.6 is 11.6 Å². The van der Waals surface area contributed by atoms with Crippen LogP contribution < -0.4 is 10.2 Å². The van der Waals surface area contributed by atoms with Crippen LogP contribution in [0.5, 0.6) is 0 Å². The van der Waals surface area contributed by atoms with Crippen molar-refractivity contribution in [3.05, 3.63) is 64.0 Å². The summed E-state index contributed by atoms with van der Waals surface area (Å²) in [5.74, 6) is 1.69. The van der Waals surface area contributed by atoms with Gasteiger partial charge in [-0.15, -0.1) is 0 Å². The van der Waals surface area contributed by atoms with Crippen LogP contribution in [0.3, 0.4) is 0 Å². The molecule has 3 aromatic rings. The highest BCUT2D eigenvalue weighted by Gasteiger charge is 2.26. The Kier molecular flexibility index (Phi) is 9.10. The van der Waals surface area contributed by atoms with E-state index in [0.29, 0.717) is 29.0 Å². The van der Waals surface area contributed by atoms with Gasteiger partial charge in [0.1, 0.15) is 17.4 Å². The average Bonchev–Trinajstić information content (AvgIpc) is 3.24. The third-order valence-corrected chi connectivity index (χ3v) is 7.86. The molecule has 1 aliphatic rings. The van der Waals surface area contributed by atoms with Crippen molar-refractivity contribution in [1.82, 2.24) is 10.5 Å². The SMILES string of the molecule is Cc1ccc(-c2c(C)noc2C)cc1N(CC1CCC(CNC(=O)OC(C)(C)C)CC1)c1ccc(C#N)c(Cl)c1. The second-order valence-corrected chi connectivity index (χ2v) is 12.3. The van der Waals surface area contributed by atoms with Crippen molar-refractivity contribution in [2.45, 2.75) is 72.8 Å². The molecule has 8 heteroatoms. The van der Waals surface area contributed by atoms with E-state index in [4.69, 9.17) is 20.9 Å². The van der Waals surface area contributed by atoms with Crippen LogP contribution in [-0.2, 0) is 4.74 Å². The molecule has 0 radical (unpaired) electrons. The van der Waals surface area contributed by atoms with E-state index in [-0.39, 0.29) is 6.09 Å². The largest absolute Gasteiger partial charge is 0.444 e. The van der Waals surface area contributed by atoms with Crippen LogP contribution in [0.1, 0.15) is 69.0 Å². The zero-order valence-electron chi connectivity index (χ0n) is 24.3. The molecule has 1 fully saturated rings. The number of carbonyl (C=O) groups is 1. The highest BCUT2D eigenvalue weighted by Crippen LogP contribution is 2.38. The summed E-state index contributed by atoms with van der Waals surface area (Å²) in [7, 11) is 0. The van der Waals surface area contributed by atoms with Gasteiger partial charge in [0.25, 0.3) is 0 Å². The Morgan fingerprint density at radius 3 is 2.42 bits per heavy atom. The van der Waals surface area contributed by atoms with Gasteiger partial charge in [0.2, 0.25) is 0 Å². The lowest BCUT2D eigenvalue weighted by Gasteiger charge is -2.35. The van der Waals surface area contributed by atoms with E-state index in [9.17, 15) is 10.1 Å². The molecule has 2 aromatic carbocycles. The van der Waals surface area contributed by atoms with Gasteiger partial charge in [0, 0.05) is 30.0 Å². The third-order valence-electron chi connectivity index (χ3n) is 7.55. The number of halogens is 1. The second kappa shape index (κ2) is 12.3. The van der Waals surface area contributed by atoms with Crippen molar-refractivity contribution in [3.8, 4) is 17.2 Å². The molecule has 1 N–H and O–H groups in total. The van der Waals surface area contributed by atoms with Crippen LogP contribution in [0.4, 0.5) is 16.2 Å². The number of benzene rings is 2. The minimum atomic E-state index is -0.500. The second-order valence-electron chi connectivity index (χ2n) is 11.9. The third kappa shape index (κ3) is 7.17. The number of anilines is 2. The lowest BCUT2D eigenvalue weighted by Crippen LogP contribution is -2.37. The fourth-order valence-corrected chi connectivity index (χ4v) is 5.69. The van der Waals surface area contributed by atoms with Gasteiger partial charge in [-0.3, -0.25) is 0 Å². The molecule has 0 aliphatic heterocycles. The zero-order chi connectivity index (χ0) is 29.0. The Bertz CT molecular complexity index is 1370. The van der Waals surface area contributed by atoms with E-state index in [1.165, 1.54) is 0 Å². The fourth-order valence-electron chi connectivity index (χ4n) is 5.47. The van der Waals surface area contributed by atoms with Gasteiger partial charge < -0.3 is 19.5 Å². The minimum Gasteiger partial charge on any atom is -0.444 e. The highest BCUT2D eigenvalue weighted by molar-refractivity contribution is 6.32. The van der Waals surface area contributed by atoms with Crippen molar-refractivity contribution in [2.24, 2.45) is 11.8 Å². The van der Waals surface area contributed by atoms with Gasteiger partial charge in [-0.2, -0.15) is 5.26 Å². The van der Waals surface area contributed by atoms with E-state index in [0.717, 1.165) is 71.7 Å². The summed E-state index contributed by atoms with van der Waals surface area (Å²) < 4.78 is 10.8. The molecule has 212 valence electrons. The zero-order valence-corrected chi connectivity index (χ0v) is 25.1. The van der Waals surface area contributed by atoms with Crippen molar-refractivity contribution in [3.63, 3.8) is 0 Å². The number of rotatable bonds is 7. The lowest BCUT2D eigenvalue weighted by molar-refractivity contribution is 0.0513. The van der Waals surface area contributed by atoms with Crippen LogP contribution in [0.2, 0.25) is 5.02 Å². The molecule has 0 bridgehead atoms. The first-order valence-corrected chi connectivity index (χ1v) is 14.3. The number of nitriles is 1. The maximum absolute atomic E-state index is 12.1. The van der Waals surface area contributed by atoms with Gasteiger partial charge in [0.05, 0.1) is 16.3 Å². The first-order valence-electron chi connectivity index (χ1n) is 13.9. The number of nitrogens with zero attached hydrogens (tertiary/aromatic N) is 3. The molecule has 1 saturated carbocycles. The van der Waals surface area contributed by atoms with Crippen molar-refractivity contribution >= 4 is 29.1 Å². The summed E-state index contributed by atoms with van der Waals surface area (Å²) in [4.78, 5) is 14.4. The molecule has 1 heterocycles. The first-order chi connectivity index (χ1) is 18.9. The normalized spacial score (nSPS) is 17.2. The quantitative estimate of drug-likeness (QED) is 0.311. The van der Waals surface area contributed by atoms with Crippen LogP contribution in [0, 0.1) is 43.9 Å². The predicted molar refractivity (Wildman–Crippen MR) is 159 cm³/mol. The van der Waals surface area contributed by atoms with Gasteiger partial charge >= 0.3 is 6.09 Å². The molecular formula is C32H39ClN4O3. The van der Waals surface area contributed by atoms with E-state index < -0.39 is 5.60 Å². The molecule has 1 amide bonds. The highest BCUT2D eigenvalue weighted by atomic mass is 35.5. The molecule has 0 unspecified atom stereocenters. The van der Waals surface area contributed by atoms with Gasteiger partial charge in [-0.1, -0.05) is 28.9 Å². The van der Waals surface area contributed by atoms with E-state index in [1.54, 1.807) is 6.07 Å². The summed E-state index contributed by atoms with van der Waals surface area (Å²) in [6, 6.07) is 14.3. The van der Waals surface area contributed by atoms with Crippen LogP contribution in [0.15, 0.2) is 40.9 Å². The van der Waals surface area contributed by atoms with Gasteiger partial charge in [-0.05, 0) is 114 Å². The Hall–Kier alpha value is -3.50. The van der Waals surface area contributed by atoms with Crippen molar-refractivity contribution in [1.29, 1.82) is 5.26 Å².